The van der Waals surface area contributed by atoms with Crippen LogP contribution in [0.2, 0.25) is 0 Å². The molecule has 2 N–H and O–H groups in total. The predicted octanol–water partition coefficient (Wildman–Crippen LogP) is 2.57. The van der Waals surface area contributed by atoms with E-state index in [1.54, 1.807) is 18.3 Å². The van der Waals surface area contributed by atoms with Gasteiger partial charge in [0.25, 0.3) is 0 Å². The van der Waals surface area contributed by atoms with Gasteiger partial charge in [0.2, 0.25) is 5.88 Å². The van der Waals surface area contributed by atoms with Crippen LogP contribution in [0.15, 0.2) is 53.7 Å². The highest BCUT2D eigenvalue weighted by Crippen LogP contribution is 2.14. The molecule has 2 rings (SSSR count). The van der Waals surface area contributed by atoms with Gasteiger partial charge in [-0.2, -0.15) is 0 Å². The van der Waals surface area contributed by atoms with Crippen molar-refractivity contribution in [3.05, 3.63) is 48.7 Å². The van der Waals surface area contributed by atoms with Gasteiger partial charge >= 0.3 is 0 Å². The Morgan fingerprint density at radius 2 is 1.90 bits per heavy atom. The highest BCUT2D eigenvalue weighted by molar-refractivity contribution is 5.59. The Bertz CT molecular complexity index is 544. The first-order valence-electron chi connectivity index (χ1n) is 6.57. The van der Waals surface area contributed by atoms with E-state index in [9.17, 15) is 0 Å². The summed E-state index contributed by atoms with van der Waals surface area (Å²) in [5.41, 5.74) is 2.45. The molecule has 2 aromatic rings. The number of nitrogens with one attached hydrogen (secondary N) is 1. The molecule has 1 aromatic heterocycles. The number of ether oxygens (including phenoxy) is 2. The highest BCUT2D eigenvalue weighted by atomic mass is 16.5. The third-order valence-electron chi connectivity index (χ3n) is 2.54. The van der Waals surface area contributed by atoms with Gasteiger partial charge in [-0.05, 0) is 18.2 Å². The summed E-state index contributed by atoms with van der Waals surface area (Å²) in [7, 11) is 0. The van der Waals surface area contributed by atoms with Gasteiger partial charge in [0, 0.05) is 12.5 Å². The van der Waals surface area contributed by atoms with Crippen molar-refractivity contribution in [1.82, 2.24) is 10.5 Å². The van der Waals surface area contributed by atoms with Gasteiger partial charge in [-0.25, -0.2) is 9.98 Å². The van der Waals surface area contributed by atoms with E-state index in [1.807, 2.05) is 35.8 Å². The van der Waals surface area contributed by atoms with Gasteiger partial charge in [-0.3, -0.25) is 10.7 Å². The Labute approximate surface area is 123 Å². The molecule has 1 heterocycles. The minimum absolute atomic E-state index is 0.528. The molecule has 110 valence electrons. The monoisotopic (exact) mass is 287 g/mol. The van der Waals surface area contributed by atoms with Crippen LogP contribution in [0.5, 0.6) is 11.6 Å². The number of hydrogen-bond acceptors (Lipinski definition) is 5. The summed E-state index contributed by atoms with van der Waals surface area (Å²) < 4.78 is 11.1. The fraction of sp³-hybridized carbons (Fsp3) is 0.200. The number of benzene rings is 1. The van der Waals surface area contributed by atoms with Crippen molar-refractivity contribution in [3.63, 3.8) is 0 Å². The Morgan fingerprint density at radius 3 is 2.62 bits per heavy atom. The van der Waals surface area contributed by atoms with Crippen LogP contribution < -0.4 is 15.0 Å². The summed E-state index contributed by atoms with van der Waals surface area (Å²) in [6, 6.07) is 13.1. The molecule has 1 aromatic carbocycles. The third-order valence-corrected chi connectivity index (χ3v) is 2.54. The molecule has 0 aliphatic carbocycles. The molecule has 0 unspecified atom stereocenters. The maximum atomic E-state index is 8.37. The fourth-order valence-electron chi connectivity index (χ4n) is 1.58. The minimum Gasteiger partial charge on any atom is -0.493 e. The molecule has 6 nitrogen and oxygen atoms in total. The van der Waals surface area contributed by atoms with Crippen LogP contribution in [-0.2, 0) is 0 Å². The number of aliphatic imine (C=N–C) groups is 1. The minimum atomic E-state index is 0.528. The van der Waals surface area contributed by atoms with Crippen LogP contribution in [0.25, 0.3) is 0 Å². The molecule has 0 atom stereocenters. The Kier molecular flexibility index (Phi) is 6.02. The summed E-state index contributed by atoms with van der Waals surface area (Å²) >= 11 is 0. The molecule has 0 spiro atoms. The quantitative estimate of drug-likeness (QED) is 0.338. The van der Waals surface area contributed by atoms with E-state index in [1.165, 1.54) is 6.34 Å². The zero-order valence-electron chi connectivity index (χ0n) is 11.5. The van der Waals surface area contributed by atoms with E-state index in [2.05, 4.69) is 9.98 Å². The summed E-state index contributed by atoms with van der Waals surface area (Å²) in [5, 5.41) is 8.37. The first-order valence-corrected chi connectivity index (χ1v) is 6.57. The number of hydroxylamine groups is 1. The summed E-state index contributed by atoms with van der Waals surface area (Å²) in [6.07, 6.45) is 3.49. The first-order chi connectivity index (χ1) is 10.4. The van der Waals surface area contributed by atoms with Crippen LogP contribution in [0.4, 0.5) is 5.69 Å². The van der Waals surface area contributed by atoms with Crippen molar-refractivity contribution in [2.75, 3.05) is 13.2 Å². The average Bonchev–Trinajstić information content (AvgIpc) is 2.55. The topological polar surface area (TPSA) is 76.0 Å². The molecule has 0 radical (unpaired) electrons. The van der Waals surface area contributed by atoms with E-state index in [0.717, 1.165) is 12.2 Å². The molecule has 0 aliphatic rings. The van der Waals surface area contributed by atoms with Gasteiger partial charge in [0.05, 0.1) is 25.1 Å². The molecular formula is C15H17N3O3. The smallest absolute Gasteiger partial charge is 0.213 e. The second kappa shape index (κ2) is 8.55. The van der Waals surface area contributed by atoms with E-state index >= 15 is 0 Å². The van der Waals surface area contributed by atoms with Crippen molar-refractivity contribution in [2.24, 2.45) is 4.99 Å². The summed E-state index contributed by atoms with van der Waals surface area (Å²) in [5.74, 6) is 1.39. The Morgan fingerprint density at radius 1 is 1.10 bits per heavy atom. The molecule has 0 aliphatic heterocycles. The van der Waals surface area contributed by atoms with Crippen LogP contribution >= 0.6 is 0 Å². The second-order valence-electron chi connectivity index (χ2n) is 4.11. The molecule has 0 amide bonds. The standard InChI is InChI=1S/C15H17N3O3/c19-18-12-17-13-7-8-15(16-11-13)21-10-4-9-20-14-5-2-1-3-6-14/h1-3,5-8,11-12,19H,4,9-10H2,(H,17,18). The number of pyridine rings is 1. The van der Waals surface area contributed by atoms with Gasteiger partial charge in [0.1, 0.15) is 12.1 Å². The maximum Gasteiger partial charge on any atom is 0.213 e. The van der Waals surface area contributed by atoms with Gasteiger partial charge in [-0.15, -0.1) is 0 Å². The zero-order chi connectivity index (χ0) is 14.8. The van der Waals surface area contributed by atoms with E-state index < -0.39 is 0 Å². The lowest BCUT2D eigenvalue weighted by molar-refractivity contribution is 0.240. The fourth-order valence-corrected chi connectivity index (χ4v) is 1.58. The Hall–Kier alpha value is -2.60. The molecule has 0 saturated heterocycles. The molecule has 21 heavy (non-hydrogen) atoms. The largest absolute Gasteiger partial charge is 0.493 e. The van der Waals surface area contributed by atoms with Crippen molar-refractivity contribution >= 4 is 12.0 Å². The Balaban J connectivity index is 1.65. The van der Waals surface area contributed by atoms with E-state index in [0.29, 0.717) is 24.8 Å². The van der Waals surface area contributed by atoms with E-state index in [4.69, 9.17) is 14.7 Å². The number of aromatic nitrogens is 1. The lowest BCUT2D eigenvalue weighted by atomic mass is 10.3. The van der Waals surface area contributed by atoms with Crippen molar-refractivity contribution in [3.8, 4) is 11.6 Å². The lowest BCUT2D eigenvalue weighted by Gasteiger charge is -2.07. The summed E-state index contributed by atoms with van der Waals surface area (Å²) in [4.78, 5) is 7.99. The lowest BCUT2D eigenvalue weighted by Crippen LogP contribution is -2.05. The van der Waals surface area contributed by atoms with Gasteiger partial charge < -0.3 is 9.47 Å². The highest BCUT2D eigenvalue weighted by Gasteiger charge is 1.97. The predicted molar refractivity (Wildman–Crippen MR) is 79.4 cm³/mol. The second-order valence-corrected chi connectivity index (χ2v) is 4.11. The molecule has 0 saturated carbocycles. The average molecular weight is 287 g/mol. The van der Waals surface area contributed by atoms with E-state index in [-0.39, 0.29) is 0 Å². The van der Waals surface area contributed by atoms with Crippen molar-refractivity contribution in [2.45, 2.75) is 6.42 Å². The first kappa shape index (κ1) is 14.8. The summed E-state index contributed by atoms with van der Waals surface area (Å²) in [6.45, 7) is 1.12. The number of rotatable bonds is 8. The molecule has 6 heteroatoms. The van der Waals surface area contributed by atoms with Gasteiger partial charge in [-0.1, -0.05) is 18.2 Å². The molecule has 0 fully saturated rings. The van der Waals surface area contributed by atoms with Crippen LogP contribution in [0, 0.1) is 0 Å². The van der Waals surface area contributed by atoms with Crippen LogP contribution in [-0.4, -0.2) is 29.7 Å². The molecule has 0 bridgehead atoms. The van der Waals surface area contributed by atoms with Gasteiger partial charge in [0.15, 0.2) is 0 Å². The van der Waals surface area contributed by atoms with Crippen LogP contribution in [0.3, 0.4) is 0 Å². The SMILES string of the molecule is ONC=Nc1ccc(OCCCOc2ccccc2)nc1. The normalized spacial score (nSPS) is 10.5. The van der Waals surface area contributed by atoms with Crippen molar-refractivity contribution < 1.29 is 14.7 Å². The van der Waals surface area contributed by atoms with Crippen molar-refractivity contribution in [1.29, 1.82) is 0 Å². The number of hydrogen-bond donors (Lipinski definition) is 2. The van der Waals surface area contributed by atoms with Crippen LogP contribution in [0.1, 0.15) is 6.42 Å². The third kappa shape index (κ3) is 5.50. The maximum absolute atomic E-state index is 8.37. The number of para-hydroxylation sites is 1. The molecular weight excluding hydrogens is 270 g/mol. The zero-order valence-corrected chi connectivity index (χ0v) is 11.5. The number of nitrogens with zero attached hydrogens (tertiary/aromatic N) is 2.